The lowest BCUT2D eigenvalue weighted by Gasteiger charge is -2.22. The Labute approximate surface area is 167 Å². The molecule has 1 aliphatic rings. The minimum absolute atomic E-state index is 0.0511. The number of hydrogen-bond acceptors (Lipinski definition) is 5. The van der Waals surface area contributed by atoms with Gasteiger partial charge in [0.15, 0.2) is 15.8 Å². The van der Waals surface area contributed by atoms with Gasteiger partial charge in [-0.1, -0.05) is 17.7 Å². The first-order chi connectivity index (χ1) is 13.6. The number of nitrogens with one attached hydrogen (secondary N) is 1. The first kappa shape index (κ1) is 17.7. The molecule has 4 aromatic rings. The van der Waals surface area contributed by atoms with Crippen LogP contribution in [0.1, 0.15) is 24.3 Å². The van der Waals surface area contributed by atoms with Gasteiger partial charge in [0.1, 0.15) is 5.65 Å². The second kappa shape index (κ2) is 6.58. The third kappa shape index (κ3) is 2.63. The summed E-state index contributed by atoms with van der Waals surface area (Å²) >= 11 is 6.25. The van der Waals surface area contributed by atoms with Crippen molar-refractivity contribution in [3.05, 3.63) is 59.6 Å². The number of nitrogens with zero attached hydrogens (tertiary/aromatic N) is 4. The Morgan fingerprint density at radius 3 is 2.93 bits per heavy atom. The van der Waals surface area contributed by atoms with Gasteiger partial charge in [0.05, 0.1) is 0 Å². The van der Waals surface area contributed by atoms with E-state index >= 15 is 0 Å². The van der Waals surface area contributed by atoms with Gasteiger partial charge in [0.2, 0.25) is 0 Å². The normalized spacial score (nSPS) is 18.1. The van der Waals surface area contributed by atoms with Crippen molar-refractivity contribution in [2.24, 2.45) is 0 Å². The molecular formula is C19H18ClN5O2S. The van der Waals surface area contributed by atoms with E-state index in [1.54, 1.807) is 36.8 Å². The highest BCUT2D eigenvalue weighted by Gasteiger charge is 2.30. The minimum atomic E-state index is -4.00. The number of piperidine rings is 1. The lowest BCUT2D eigenvalue weighted by atomic mass is 9.92. The Morgan fingerprint density at radius 2 is 2.11 bits per heavy atom. The van der Waals surface area contributed by atoms with Crippen LogP contribution in [0, 0.1) is 0 Å². The van der Waals surface area contributed by atoms with E-state index in [0.29, 0.717) is 11.3 Å². The number of fused-ring (bicyclic) bond motifs is 2. The van der Waals surface area contributed by atoms with E-state index in [0.717, 1.165) is 36.9 Å². The van der Waals surface area contributed by atoms with Gasteiger partial charge in [-0.2, -0.15) is 8.42 Å². The van der Waals surface area contributed by atoms with Crippen LogP contribution in [0.4, 0.5) is 0 Å². The third-order valence-electron chi connectivity index (χ3n) is 5.25. The summed E-state index contributed by atoms with van der Waals surface area (Å²) < 4.78 is 29.9. The Hall–Kier alpha value is -2.42. The first-order valence-corrected chi connectivity index (χ1v) is 10.9. The van der Waals surface area contributed by atoms with Gasteiger partial charge >= 0.3 is 0 Å². The van der Waals surface area contributed by atoms with Crippen LogP contribution >= 0.6 is 11.6 Å². The van der Waals surface area contributed by atoms with Crippen LogP contribution in [0.2, 0.25) is 5.15 Å². The van der Waals surface area contributed by atoms with Crippen LogP contribution in [-0.4, -0.2) is 39.8 Å². The predicted octanol–water partition coefficient (Wildman–Crippen LogP) is 3.04. The van der Waals surface area contributed by atoms with Crippen LogP contribution in [0.15, 0.2) is 53.9 Å². The van der Waals surface area contributed by atoms with E-state index in [4.69, 9.17) is 11.6 Å². The molecule has 9 heteroatoms. The number of imidazole rings is 1. The molecule has 4 aromatic heterocycles. The minimum Gasteiger partial charge on any atom is -0.316 e. The summed E-state index contributed by atoms with van der Waals surface area (Å²) in [5.41, 5.74) is 1.88. The van der Waals surface area contributed by atoms with E-state index in [-0.39, 0.29) is 16.1 Å². The van der Waals surface area contributed by atoms with Crippen LogP contribution in [-0.2, 0) is 10.0 Å². The summed E-state index contributed by atoms with van der Waals surface area (Å²) in [7, 11) is -4.00. The maximum atomic E-state index is 13.6. The highest BCUT2D eigenvalue weighted by Crippen LogP contribution is 2.34. The SMILES string of the molecule is O=S(=O)(c1c(Cl)nc2ccccn12)n1cc(C2CCCNC2)c2cccnc21. The largest absolute Gasteiger partial charge is 0.316 e. The molecule has 0 aliphatic carbocycles. The summed E-state index contributed by atoms with van der Waals surface area (Å²) in [6.07, 6.45) is 7.02. The van der Waals surface area contributed by atoms with Gasteiger partial charge in [-0.25, -0.2) is 13.9 Å². The van der Waals surface area contributed by atoms with E-state index in [1.165, 1.54) is 8.37 Å². The number of pyridine rings is 2. The van der Waals surface area contributed by atoms with E-state index in [9.17, 15) is 8.42 Å². The molecule has 1 saturated heterocycles. The molecule has 1 aliphatic heterocycles. The molecule has 28 heavy (non-hydrogen) atoms. The molecule has 5 heterocycles. The second-order valence-electron chi connectivity index (χ2n) is 6.94. The second-order valence-corrected chi connectivity index (χ2v) is 9.03. The zero-order chi connectivity index (χ0) is 19.3. The van der Waals surface area contributed by atoms with E-state index in [2.05, 4.69) is 15.3 Å². The standard InChI is InChI=1S/C19H18ClN5O2S/c20-17-19(24-10-2-1-7-16(24)23-17)28(26,27)25-12-15(13-5-3-8-21-11-13)14-6-4-9-22-18(14)25/h1-2,4,6-7,9-10,12-13,21H,3,5,8,11H2. The van der Waals surface area contributed by atoms with Crippen molar-refractivity contribution in [3.8, 4) is 0 Å². The summed E-state index contributed by atoms with van der Waals surface area (Å²) in [6.45, 7) is 1.81. The molecule has 144 valence electrons. The summed E-state index contributed by atoms with van der Waals surface area (Å²) in [5.74, 6) is 0.245. The van der Waals surface area contributed by atoms with Gasteiger partial charge in [-0.15, -0.1) is 0 Å². The topological polar surface area (TPSA) is 81.3 Å². The highest BCUT2D eigenvalue weighted by atomic mass is 35.5. The quantitative estimate of drug-likeness (QED) is 0.556. The van der Waals surface area contributed by atoms with Crippen LogP contribution in [0.3, 0.4) is 0 Å². The van der Waals surface area contributed by atoms with Gasteiger partial charge in [0, 0.05) is 30.5 Å². The Morgan fingerprint density at radius 1 is 1.21 bits per heavy atom. The average Bonchev–Trinajstić information content (AvgIpc) is 3.26. The van der Waals surface area contributed by atoms with Gasteiger partial charge in [-0.3, -0.25) is 4.40 Å². The number of aromatic nitrogens is 4. The zero-order valence-electron chi connectivity index (χ0n) is 14.9. The molecular weight excluding hydrogens is 398 g/mol. The smallest absolute Gasteiger partial charge is 0.288 e. The maximum Gasteiger partial charge on any atom is 0.288 e. The molecule has 0 saturated carbocycles. The van der Waals surface area contributed by atoms with Crippen molar-refractivity contribution >= 4 is 38.3 Å². The van der Waals surface area contributed by atoms with Crippen molar-refractivity contribution < 1.29 is 8.42 Å². The molecule has 5 rings (SSSR count). The molecule has 7 nitrogen and oxygen atoms in total. The van der Waals surface area contributed by atoms with Gasteiger partial charge in [-0.05, 0) is 55.1 Å². The fraction of sp³-hybridized carbons (Fsp3) is 0.263. The number of hydrogen-bond donors (Lipinski definition) is 1. The molecule has 1 unspecified atom stereocenters. The van der Waals surface area contributed by atoms with Crippen molar-refractivity contribution in [1.82, 2.24) is 23.7 Å². The molecule has 1 fully saturated rings. The molecule has 0 bridgehead atoms. The van der Waals surface area contributed by atoms with Crippen molar-refractivity contribution in [2.75, 3.05) is 13.1 Å². The van der Waals surface area contributed by atoms with Crippen molar-refractivity contribution in [1.29, 1.82) is 0 Å². The Balaban J connectivity index is 1.75. The average molecular weight is 416 g/mol. The van der Waals surface area contributed by atoms with Crippen molar-refractivity contribution in [3.63, 3.8) is 0 Å². The van der Waals surface area contributed by atoms with Gasteiger partial charge in [0.25, 0.3) is 10.0 Å². The van der Waals surface area contributed by atoms with E-state index < -0.39 is 10.0 Å². The summed E-state index contributed by atoms with van der Waals surface area (Å²) in [6, 6.07) is 9.01. The highest BCUT2D eigenvalue weighted by molar-refractivity contribution is 7.90. The lowest BCUT2D eigenvalue weighted by molar-refractivity contribution is 0.463. The lowest BCUT2D eigenvalue weighted by Crippen LogP contribution is -2.28. The number of rotatable bonds is 3. The molecule has 1 atom stereocenters. The zero-order valence-corrected chi connectivity index (χ0v) is 16.5. The summed E-state index contributed by atoms with van der Waals surface area (Å²) in [4.78, 5) is 8.56. The van der Waals surface area contributed by atoms with Crippen molar-refractivity contribution in [2.45, 2.75) is 23.8 Å². The molecule has 0 amide bonds. The maximum absolute atomic E-state index is 13.6. The molecule has 0 radical (unpaired) electrons. The summed E-state index contributed by atoms with van der Waals surface area (Å²) in [5, 5.41) is 4.14. The fourth-order valence-corrected chi connectivity index (χ4v) is 5.89. The predicted molar refractivity (Wildman–Crippen MR) is 107 cm³/mol. The van der Waals surface area contributed by atoms with Crippen LogP contribution < -0.4 is 5.32 Å². The molecule has 0 spiro atoms. The number of halogens is 1. The van der Waals surface area contributed by atoms with Gasteiger partial charge < -0.3 is 5.32 Å². The molecule has 0 aromatic carbocycles. The third-order valence-corrected chi connectivity index (χ3v) is 7.30. The fourth-order valence-electron chi connectivity index (χ4n) is 3.95. The Kier molecular flexibility index (Phi) is 4.15. The van der Waals surface area contributed by atoms with Crippen LogP contribution in [0.25, 0.3) is 16.7 Å². The van der Waals surface area contributed by atoms with Crippen LogP contribution in [0.5, 0.6) is 0 Å². The van der Waals surface area contributed by atoms with E-state index in [1.807, 2.05) is 12.1 Å². The Bertz CT molecular complexity index is 1290. The molecule has 1 N–H and O–H groups in total. The first-order valence-electron chi connectivity index (χ1n) is 9.12. The monoisotopic (exact) mass is 415 g/mol.